The van der Waals surface area contributed by atoms with E-state index in [9.17, 15) is 30.2 Å². The van der Waals surface area contributed by atoms with Gasteiger partial charge in [-0.3, -0.25) is 19.9 Å². The van der Waals surface area contributed by atoms with Crippen molar-refractivity contribution in [2.75, 3.05) is 79.5 Å². The molecular formula is C43H58N4O12. The molecule has 59 heavy (non-hydrogen) atoms. The molecule has 6 atom stereocenters. The van der Waals surface area contributed by atoms with Gasteiger partial charge in [0.25, 0.3) is 5.69 Å². The fourth-order valence-electron chi connectivity index (χ4n) is 8.93. The molecule has 1 saturated carbocycles. The number of unbranched alkanes of at least 4 members (excludes halogenated alkanes) is 2. The number of hydrogen-bond donors (Lipinski definition) is 3. The van der Waals surface area contributed by atoms with Crippen LogP contribution in [0.1, 0.15) is 56.4 Å². The van der Waals surface area contributed by atoms with Crippen molar-refractivity contribution in [2.45, 2.75) is 62.7 Å². The molecule has 2 aromatic rings. The van der Waals surface area contributed by atoms with Crippen molar-refractivity contribution >= 4 is 17.5 Å². The van der Waals surface area contributed by atoms with E-state index < -0.39 is 28.8 Å². The van der Waals surface area contributed by atoms with Crippen molar-refractivity contribution in [1.29, 1.82) is 0 Å². The first-order valence-electron chi connectivity index (χ1n) is 20.7. The van der Waals surface area contributed by atoms with Gasteiger partial charge in [-0.1, -0.05) is 30.1 Å². The molecule has 322 valence electrons. The van der Waals surface area contributed by atoms with E-state index in [2.05, 4.69) is 28.8 Å². The van der Waals surface area contributed by atoms with Crippen LogP contribution in [0.4, 0.5) is 10.5 Å². The molecule has 2 aliphatic carbocycles. The summed E-state index contributed by atoms with van der Waals surface area (Å²) in [7, 11) is 1.48. The number of benzene rings is 2. The van der Waals surface area contributed by atoms with Crippen LogP contribution in [0, 0.1) is 27.9 Å². The van der Waals surface area contributed by atoms with E-state index in [1.165, 1.54) is 36.3 Å². The van der Waals surface area contributed by atoms with E-state index in [1.807, 2.05) is 12.1 Å². The summed E-state index contributed by atoms with van der Waals surface area (Å²) >= 11 is 0. The van der Waals surface area contributed by atoms with Crippen LogP contribution in [0.3, 0.4) is 0 Å². The number of aliphatic hydroxyl groups is 3. The maximum absolute atomic E-state index is 14.6. The van der Waals surface area contributed by atoms with Gasteiger partial charge in [-0.15, -0.1) is 6.58 Å². The number of rotatable bonds is 24. The maximum Gasteiger partial charge on any atom is 0.415 e. The Balaban J connectivity index is 1.51. The summed E-state index contributed by atoms with van der Waals surface area (Å²) in [6, 6.07) is 10.2. The first kappa shape index (κ1) is 44.0. The zero-order valence-corrected chi connectivity index (χ0v) is 33.8. The fourth-order valence-corrected chi connectivity index (χ4v) is 8.93. The third-order valence-corrected chi connectivity index (χ3v) is 11.6. The third-order valence-electron chi connectivity index (χ3n) is 11.6. The van der Waals surface area contributed by atoms with Gasteiger partial charge in [0.15, 0.2) is 0 Å². The molecule has 16 nitrogen and oxygen atoms in total. The number of fused-ring (bicyclic) bond motifs is 2. The van der Waals surface area contributed by atoms with Crippen LogP contribution in [-0.2, 0) is 14.3 Å². The molecule has 4 aliphatic rings. The molecule has 0 radical (unpaired) electrons. The summed E-state index contributed by atoms with van der Waals surface area (Å²) in [5.74, 6) is -0.875. The van der Waals surface area contributed by atoms with Gasteiger partial charge in [0, 0.05) is 69.4 Å². The molecule has 16 heteroatoms. The fraction of sp³-hybridized carbons (Fsp3) is 0.581. The van der Waals surface area contributed by atoms with Gasteiger partial charge < -0.3 is 43.8 Å². The maximum atomic E-state index is 14.6. The Hall–Kier alpha value is -4.58. The van der Waals surface area contributed by atoms with Gasteiger partial charge in [-0.2, -0.15) is 0 Å². The van der Waals surface area contributed by atoms with Crippen molar-refractivity contribution in [1.82, 2.24) is 9.80 Å². The lowest BCUT2D eigenvalue weighted by atomic mass is 9.55. The van der Waals surface area contributed by atoms with Gasteiger partial charge in [0.05, 0.1) is 43.0 Å². The molecule has 6 unspecified atom stereocenters. The van der Waals surface area contributed by atoms with E-state index in [1.54, 1.807) is 6.08 Å². The highest BCUT2D eigenvalue weighted by atomic mass is 16.7. The highest BCUT2D eigenvalue weighted by molar-refractivity contribution is 6.03. The Morgan fingerprint density at radius 3 is 2.46 bits per heavy atom. The summed E-state index contributed by atoms with van der Waals surface area (Å²) < 4.78 is 32.1. The number of nitrogens with zero attached hydrogens (tertiary/aromatic N) is 4. The number of oxime groups is 1. The number of carbonyl (C=O) groups excluding carboxylic acids is 1. The Morgan fingerprint density at radius 2 is 1.78 bits per heavy atom. The van der Waals surface area contributed by atoms with Crippen LogP contribution in [-0.4, -0.2) is 133 Å². The minimum Gasteiger partial charge on any atom is -0.492 e. The molecule has 2 aliphatic heterocycles. The lowest BCUT2D eigenvalue weighted by Gasteiger charge is -2.59. The summed E-state index contributed by atoms with van der Waals surface area (Å²) in [5.41, 5.74) is 2.27. The molecule has 0 bridgehead atoms. The van der Waals surface area contributed by atoms with Crippen LogP contribution in [0.25, 0.3) is 0 Å². The van der Waals surface area contributed by atoms with Gasteiger partial charge in [0.2, 0.25) is 5.79 Å². The van der Waals surface area contributed by atoms with E-state index in [-0.39, 0.29) is 81.8 Å². The summed E-state index contributed by atoms with van der Waals surface area (Å²) in [4.78, 5) is 34.7. The van der Waals surface area contributed by atoms with Crippen molar-refractivity contribution in [2.24, 2.45) is 22.9 Å². The number of non-ortho nitro benzene ring substituents is 1. The highest BCUT2D eigenvalue weighted by Crippen LogP contribution is 2.62. The third kappa shape index (κ3) is 10.4. The van der Waals surface area contributed by atoms with Crippen LogP contribution in [0.5, 0.6) is 17.2 Å². The standard InChI is InChI=1S/C43H58N4O12/c1-3-23-57-43-39(46(19-24-55-26-22-50)42(51)58-32-12-10-31(11-13-32)47(52)53)29-37(44-54-2)35-27-30(8-4-6-20-48)34(9-5-7-21-49)40(41(35)43)36-28-33(14-15-38(36)59-43)56-25-18-45-16-17-45/h3,10-15,27-28,30,34,39-41,48-50H,1,4-9,16-26,29H2,2H3. The number of hydrogen-bond acceptors (Lipinski definition) is 14. The molecule has 0 aromatic heterocycles. The second-order valence-corrected chi connectivity index (χ2v) is 15.3. The Bertz CT molecular complexity index is 1790. The first-order valence-corrected chi connectivity index (χ1v) is 20.7. The van der Waals surface area contributed by atoms with Crippen LogP contribution in [0.15, 0.2) is 71.9 Å². The second kappa shape index (κ2) is 21.1. The summed E-state index contributed by atoms with van der Waals surface area (Å²) in [6.07, 6.45) is 7.67. The summed E-state index contributed by atoms with van der Waals surface area (Å²) in [5, 5.41) is 45.2. The van der Waals surface area contributed by atoms with Crippen molar-refractivity contribution in [3.8, 4) is 17.2 Å². The van der Waals surface area contributed by atoms with Crippen LogP contribution >= 0.6 is 0 Å². The second-order valence-electron chi connectivity index (χ2n) is 15.3. The average molecular weight is 823 g/mol. The molecule has 3 N–H and O–H groups in total. The first-order chi connectivity index (χ1) is 28.8. The van der Waals surface area contributed by atoms with Gasteiger partial charge in [-0.05, 0) is 73.4 Å². The van der Waals surface area contributed by atoms with Crippen molar-refractivity contribution < 1.29 is 53.6 Å². The zero-order valence-electron chi connectivity index (χ0n) is 33.8. The normalized spacial score (nSPS) is 24.9. The minimum atomic E-state index is -1.54. The van der Waals surface area contributed by atoms with Crippen molar-refractivity contribution in [3.05, 3.63) is 82.4 Å². The number of nitro benzene ring substituents is 1. The quantitative estimate of drug-likeness (QED) is 0.0419. The Labute approximate surface area is 345 Å². The zero-order chi connectivity index (χ0) is 41.8. The largest absolute Gasteiger partial charge is 0.492 e. The van der Waals surface area contributed by atoms with Gasteiger partial charge in [-0.25, -0.2) is 4.79 Å². The van der Waals surface area contributed by atoms with E-state index in [0.717, 1.165) is 56.5 Å². The van der Waals surface area contributed by atoms with E-state index >= 15 is 0 Å². The van der Waals surface area contributed by atoms with Crippen molar-refractivity contribution in [3.63, 3.8) is 0 Å². The highest BCUT2D eigenvalue weighted by Gasteiger charge is 2.65. The molecule has 2 aromatic carbocycles. The monoisotopic (exact) mass is 822 g/mol. The Morgan fingerprint density at radius 1 is 1.03 bits per heavy atom. The predicted molar refractivity (Wildman–Crippen MR) is 218 cm³/mol. The number of allylic oxidation sites excluding steroid dienone is 1. The number of amides is 1. The molecule has 2 heterocycles. The van der Waals surface area contributed by atoms with E-state index in [4.69, 9.17) is 28.5 Å². The van der Waals surface area contributed by atoms with E-state index in [0.29, 0.717) is 36.7 Å². The lowest BCUT2D eigenvalue weighted by molar-refractivity contribution is -0.384. The van der Waals surface area contributed by atoms with Crippen LogP contribution in [0.2, 0.25) is 0 Å². The Kier molecular flexibility index (Phi) is 15.7. The molecule has 2 fully saturated rings. The number of ether oxygens (including phenoxy) is 5. The van der Waals surface area contributed by atoms with Gasteiger partial charge >= 0.3 is 6.09 Å². The predicted octanol–water partition coefficient (Wildman–Crippen LogP) is 5.06. The number of nitro groups is 1. The molecular weight excluding hydrogens is 764 g/mol. The lowest BCUT2D eigenvalue weighted by Crippen LogP contribution is -2.70. The minimum absolute atomic E-state index is 0.00387. The molecule has 1 saturated heterocycles. The average Bonchev–Trinajstić information content (AvgIpc) is 4.07. The number of aliphatic hydroxyl groups excluding tert-OH is 3. The summed E-state index contributed by atoms with van der Waals surface area (Å²) in [6.45, 7) is 7.54. The van der Waals surface area contributed by atoms with Gasteiger partial charge in [0.1, 0.15) is 37.0 Å². The molecule has 6 rings (SSSR count). The molecule has 1 amide bonds. The smallest absolute Gasteiger partial charge is 0.415 e. The van der Waals surface area contributed by atoms with Crippen LogP contribution < -0.4 is 14.2 Å². The SMILES string of the molecule is C=CCOC12Oc3ccc(OCCN4CC4)cc3C3C(CCCCO)C(CCCCO)C=C(C(=NOC)CC1N(CCOCCO)C(=O)Oc1ccc([N+](=O)[O-])cc1)C32. The molecule has 0 spiro atoms. The topological polar surface area (TPSA) is 195 Å². The number of carbonyl (C=O) groups is 1.